The van der Waals surface area contributed by atoms with Crippen LogP contribution in [-0.2, 0) is 4.74 Å². The van der Waals surface area contributed by atoms with Crippen molar-refractivity contribution in [1.82, 2.24) is 5.43 Å². The molecule has 4 heteroatoms. The minimum atomic E-state index is 0.244. The third-order valence-corrected chi connectivity index (χ3v) is 3.60. The third-order valence-electron chi connectivity index (χ3n) is 2.74. The summed E-state index contributed by atoms with van der Waals surface area (Å²) in [7, 11) is 1.74. The van der Waals surface area contributed by atoms with Gasteiger partial charge in [-0.05, 0) is 43.7 Å². The summed E-state index contributed by atoms with van der Waals surface area (Å²) in [6, 6.07) is 2.39. The van der Waals surface area contributed by atoms with E-state index >= 15 is 0 Å². The van der Waals surface area contributed by atoms with E-state index in [9.17, 15) is 0 Å². The van der Waals surface area contributed by atoms with Gasteiger partial charge in [-0.3, -0.25) is 11.3 Å². The lowest BCUT2D eigenvalue weighted by atomic mass is 10.0. The van der Waals surface area contributed by atoms with Crippen molar-refractivity contribution in [3.8, 4) is 0 Å². The van der Waals surface area contributed by atoms with E-state index in [1.807, 2.05) is 0 Å². The van der Waals surface area contributed by atoms with Crippen LogP contribution in [0.3, 0.4) is 0 Å². The van der Waals surface area contributed by atoms with Crippen molar-refractivity contribution < 1.29 is 4.74 Å². The minimum Gasteiger partial charge on any atom is -0.382 e. The first-order valence-corrected chi connectivity index (χ1v) is 6.10. The molecule has 0 aliphatic heterocycles. The Labute approximate surface area is 95.6 Å². The Morgan fingerprint density at radius 3 is 2.73 bits per heavy atom. The number of methoxy groups -OCH3 is 1. The molecule has 1 aromatic heterocycles. The van der Waals surface area contributed by atoms with E-state index in [0.717, 1.165) is 12.8 Å². The van der Waals surface area contributed by atoms with Crippen molar-refractivity contribution in [3.63, 3.8) is 0 Å². The van der Waals surface area contributed by atoms with Crippen LogP contribution >= 0.6 is 11.3 Å². The number of hydrogen-bond acceptors (Lipinski definition) is 4. The number of nitrogens with two attached hydrogens (primary N) is 1. The van der Waals surface area contributed by atoms with Gasteiger partial charge in [-0.1, -0.05) is 0 Å². The van der Waals surface area contributed by atoms with Crippen LogP contribution in [0.5, 0.6) is 0 Å². The predicted octanol–water partition coefficient (Wildman–Crippen LogP) is 2.38. The van der Waals surface area contributed by atoms with E-state index in [-0.39, 0.29) is 6.04 Å². The van der Waals surface area contributed by atoms with Gasteiger partial charge in [0.1, 0.15) is 0 Å². The molecule has 0 spiro atoms. The smallest absolute Gasteiger partial charge is 0.0543 e. The normalized spacial score (nSPS) is 15.2. The van der Waals surface area contributed by atoms with E-state index in [0.29, 0.717) is 6.10 Å². The average molecular weight is 228 g/mol. The predicted molar refractivity (Wildman–Crippen MR) is 64.8 cm³/mol. The lowest BCUT2D eigenvalue weighted by molar-refractivity contribution is 0.106. The number of rotatable bonds is 6. The molecule has 0 saturated carbocycles. The molecule has 0 amide bonds. The molecule has 0 aromatic carbocycles. The highest BCUT2D eigenvalue weighted by Crippen LogP contribution is 2.25. The average Bonchev–Trinajstić information content (AvgIpc) is 2.65. The molecule has 1 heterocycles. The van der Waals surface area contributed by atoms with Crippen LogP contribution in [0.4, 0.5) is 0 Å². The van der Waals surface area contributed by atoms with Crippen LogP contribution in [0, 0.1) is 6.92 Å². The zero-order chi connectivity index (χ0) is 11.3. The maximum Gasteiger partial charge on any atom is 0.0543 e. The van der Waals surface area contributed by atoms with Gasteiger partial charge >= 0.3 is 0 Å². The second-order valence-electron chi connectivity index (χ2n) is 3.78. The van der Waals surface area contributed by atoms with Crippen molar-refractivity contribution in [2.24, 2.45) is 5.84 Å². The number of aryl methyl sites for hydroxylation is 1. The lowest BCUT2D eigenvalue weighted by Gasteiger charge is -2.18. The van der Waals surface area contributed by atoms with Gasteiger partial charge in [-0.25, -0.2) is 0 Å². The second kappa shape index (κ2) is 6.23. The zero-order valence-corrected chi connectivity index (χ0v) is 10.4. The number of ether oxygens (including phenoxy) is 1. The molecule has 3 nitrogen and oxygen atoms in total. The molecule has 3 N–H and O–H groups in total. The monoisotopic (exact) mass is 228 g/mol. The summed E-state index contributed by atoms with van der Waals surface area (Å²) in [5.41, 5.74) is 4.19. The Hall–Kier alpha value is -0.420. The van der Waals surface area contributed by atoms with E-state index in [1.165, 1.54) is 10.4 Å². The van der Waals surface area contributed by atoms with Gasteiger partial charge in [-0.15, -0.1) is 11.3 Å². The van der Waals surface area contributed by atoms with Crippen molar-refractivity contribution >= 4 is 11.3 Å². The fraction of sp³-hybridized carbons (Fsp3) is 0.636. The lowest BCUT2D eigenvalue weighted by Crippen LogP contribution is -2.28. The standard InChI is InChI=1S/C11H20N2OS/c1-8(14-3)4-5-11(13-12)10-6-7-15-9(10)2/h6-8,11,13H,4-5,12H2,1-3H3. The molecule has 15 heavy (non-hydrogen) atoms. The van der Waals surface area contributed by atoms with Gasteiger partial charge < -0.3 is 4.74 Å². The van der Waals surface area contributed by atoms with Crippen LogP contribution in [0.25, 0.3) is 0 Å². The Bertz CT molecular complexity index is 288. The quantitative estimate of drug-likeness (QED) is 0.580. The number of hydrazine groups is 1. The summed E-state index contributed by atoms with van der Waals surface area (Å²) in [6.45, 7) is 4.21. The Kier molecular flexibility index (Phi) is 5.25. The third kappa shape index (κ3) is 3.57. The Morgan fingerprint density at radius 1 is 1.53 bits per heavy atom. The molecule has 0 fully saturated rings. The zero-order valence-electron chi connectivity index (χ0n) is 9.62. The Balaban J connectivity index is 2.53. The minimum absolute atomic E-state index is 0.244. The highest BCUT2D eigenvalue weighted by atomic mass is 32.1. The highest BCUT2D eigenvalue weighted by Gasteiger charge is 2.14. The topological polar surface area (TPSA) is 47.3 Å². The van der Waals surface area contributed by atoms with E-state index in [4.69, 9.17) is 10.6 Å². The summed E-state index contributed by atoms with van der Waals surface area (Å²) in [4.78, 5) is 1.34. The molecule has 2 atom stereocenters. The van der Waals surface area contributed by atoms with Gasteiger partial charge in [0.05, 0.1) is 6.10 Å². The fourth-order valence-electron chi connectivity index (χ4n) is 1.60. The van der Waals surface area contributed by atoms with Crippen LogP contribution in [0.2, 0.25) is 0 Å². The molecular formula is C11H20N2OS. The molecule has 1 rings (SSSR count). The number of hydrogen-bond donors (Lipinski definition) is 2. The second-order valence-corrected chi connectivity index (χ2v) is 4.90. The summed E-state index contributed by atoms with van der Waals surface area (Å²) >= 11 is 1.76. The Morgan fingerprint density at radius 2 is 2.27 bits per heavy atom. The molecule has 0 aliphatic carbocycles. The molecule has 86 valence electrons. The number of nitrogens with one attached hydrogen (secondary N) is 1. The first kappa shape index (κ1) is 12.6. The SMILES string of the molecule is COC(C)CCC(NN)c1ccsc1C. The molecular weight excluding hydrogens is 208 g/mol. The summed E-state index contributed by atoms with van der Waals surface area (Å²) in [5, 5.41) is 2.11. The molecule has 2 unspecified atom stereocenters. The van der Waals surface area contributed by atoms with Gasteiger partial charge in [0, 0.05) is 18.0 Å². The van der Waals surface area contributed by atoms with E-state index < -0.39 is 0 Å². The summed E-state index contributed by atoms with van der Waals surface area (Å²) in [6.07, 6.45) is 2.31. The van der Waals surface area contributed by atoms with Crippen molar-refractivity contribution in [2.45, 2.75) is 38.8 Å². The largest absolute Gasteiger partial charge is 0.382 e. The van der Waals surface area contributed by atoms with Gasteiger partial charge in [-0.2, -0.15) is 0 Å². The van der Waals surface area contributed by atoms with Gasteiger partial charge in [0.15, 0.2) is 0 Å². The molecule has 0 saturated heterocycles. The molecule has 1 aromatic rings. The van der Waals surface area contributed by atoms with Crippen LogP contribution < -0.4 is 11.3 Å². The van der Waals surface area contributed by atoms with Crippen LogP contribution in [0.1, 0.15) is 36.2 Å². The van der Waals surface area contributed by atoms with Crippen molar-refractivity contribution in [2.75, 3.05) is 7.11 Å². The van der Waals surface area contributed by atoms with Gasteiger partial charge in [0.2, 0.25) is 0 Å². The highest BCUT2D eigenvalue weighted by molar-refractivity contribution is 7.10. The summed E-state index contributed by atoms with van der Waals surface area (Å²) < 4.78 is 5.23. The molecule has 0 radical (unpaired) electrons. The van der Waals surface area contributed by atoms with Crippen molar-refractivity contribution in [1.29, 1.82) is 0 Å². The van der Waals surface area contributed by atoms with Crippen LogP contribution in [-0.4, -0.2) is 13.2 Å². The van der Waals surface area contributed by atoms with Gasteiger partial charge in [0.25, 0.3) is 0 Å². The van der Waals surface area contributed by atoms with Crippen molar-refractivity contribution in [3.05, 3.63) is 21.9 Å². The first-order valence-electron chi connectivity index (χ1n) is 5.22. The maximum absolute atomic E-state index is 5.57. The number of thiophene rings is 1. The molecule has 0 bridgehead atoms. The van der Waals surface area contributed by atoms with E-state index in [2.05, 4.69) is 30.7 Å². The summed E-state index contributed by atoms with van der Waals surface area (Å²) in [5.74, 6) is 5.57. The maximum atomic E-state index is 5.57. The van der Waals surface area contributed by atoms with Crippen LogP contribution in [0.15, 0.2) is 11.4 Å². The molecule has 0 aliphatic rings. The van der Waals surface area contributed by atoms with E-state index in [1.54, 1.807) is 18.4 Å². The first-order chi connectivity index (χ1) is 7.19. The fourth-order valence-corrected chi connectivity index (χ4v) is 2.37.